The first kappa shape index (κ1) is 18.5. The van der Waals surface area contributed by atoms with Crippen LogP contribution in [0.5, 0.6) is 0 Å². The van der Waals surface area contributed by atoms with Gasteiger partial charge in [-0.3, -0.25) is 4.79 Å². The maximum absolute atomic E-state index is 12.0. The molecule has 0 saturated carbocycles. The van der Waals surface area contributed by atoms with Crippen molar-refractivity contribution < 1.29 is 14.7 Å². The second kappa shape index (κ2) is 9.44. The van der Waals surface area contributed by atoms with E-state index < -0.39 is 17.4 Å². The fourth-order valence-corrected chi connectivity index (χ4v) is 2.78. The van der Waals surface area contributed by atoms with Gasteiger partial charge in [-0.15, -0.1) is 0 Å². The van der Waals surface area contributed by atoms with Crippen LogP contribution in [0.25, 0.3) is 0 Å². The third-order valence-corrected chi connectivity index (χ3v) is 4.17. The Kier molecular flexibility index (Phi) is 7.92. The predicted molar refractivity (Wildman–Crippen MR) is 85.9 cm³/mol. The molecule has 0 bridgehead atoms. The van der Waals surface area contributed by atoms with Gasteiger partial charge in [0.15, 0.2) is 0 Å². The molecule has 0 fully saturated rings. The molecule has 0 heterocycles. The highest BCUT2D eigenvalue weighted by molar-refractivity contribution is 5.80. The van der Waals surface area contributed by atoms with E-state index in [1.54, 1.807) is 31.2 Å². The number of aliphatic carboxylic acids is 1. The van der Waals surface area contributed by atoms with E-state index in [9.17, 15) is 14.7 Å². The summed E-state index contributed by atoms with van der Waals surface area (Å²) in [7, 11) is 0. The van der Waals surface area contributed by atoms with E-state index in [1.165, 1.54) is 25.7 Å². The Morgan fingerprint density at radius 3 is 2.36 bits per heavy atom. The summed E-state index contributed by atoms with van der Waals surface area (Å²) in [6.07, 6.45) is 15.2. The zero-order valence-electron chi connectivity index (χ0n) is 13.8. The van der Waals surface area contributed by atoms with Gasteiger partial charge in [0.25, 0.3) is 0 Å². The summed E-state index contributed by atoms with van der Waals surface area (Å²) < 4.78 is 0. The van der Waals surface area contributed by atoms with Crippen LogP contribution in [0, 0.1) is 5.92 Å². The summed E-state index contributed by atoms with van der Waals surface area (Å²) in [5.74, 6) is -2.09. The number of unbranched alkanes of at least 4 members (excludes halogenated alkanes) is 6. The van der Waals surface area contributed by atoms with E-state index in [0.29, 0.717) is 6.42 Å². The first-order valence-electron chi connectivity index (χ1n) is 8.37. The number of allylic oxidation sites excluding steroid dienone is 2. The molecule has 1 amide bonds. The average molecular weight is 306 g/mol. The van der Waals surface area contributed by atoms with E-state index >= 15 is 0 Å². The molecule has 124 valence electrons. The highest BCUT2D eigenvalue weighted by Crippen LogP contribution is 2.24. The lowest BCUT2D eigenvalue weighted by molar-refractivity contribution is -0.311. The molecule has 0 aliphatic heterocycles. The molecule has 0 saturated heterocycles. The van der Waals surface area contributed by atoms with Gasteiger partial charge in [0.05, 0.1) is 11.5 Å². The van der Waals surface area contributed by atoms with Crippen LogP contribution in [-0.2, 0) is 9.59 Å². The minimum atomic E-state index is -1.17. The minimum Gasteiger partial charge on any atom is -0.549 e. The zero-order chi connectivity index (χ0) is 16.4. The fourth-order valence-electron chi connectivity index (χ4n) is 2.78. The first-order chi connectivity index (χ1) is 10.5. The molecule has 1 aliphatic rings. The lowest BCUT2D eigenvalue weighted by Crippen LogP contribution is -2.55. The number of carboxylic acid groups (broad SMARTS) is 1. The molecule has 4 nitrogen and oxygen atoms in total. The molecule has 22 heavy (non-hydrogen) atoms. The second-order valence-corrected chi connectivity index (χ2v) is 6.24. The van der Waals surface area contributed by atoms with Gasteiger partial charge in [-0.05, 0) is 13.3 Å². The van der Waals surface area contributed by atoms with Gasteiger partial charge in [-0.1, -0.05) is 69.8 Å². The van der Waals surface area contributed by atoms with Crippen molar-refractivity contribution in [3.63, 3.8) is 0 Å². The number of carboxylic acids is 1. The van der Waals surface area contributed by atoms with Crippen molar-refractivity contribution in [2.24, 2.45) is 5.92 Å². The monoisotopic (exact) mass is 306 g/mol. The molecule has 0 aromatic rings. The number of carbonyl (C=O) groups excluding carboxylic acids is 2. The summed E-state index contributed by atoms with van der Waals surface area (Å²) in [5, 5.41) is 14.0. The number of carbonyl (C=O) groups is 2. The Bertz CT molecular complexity index is 428. The van der Waals surface area contributed by atoms with Crippen molar-refractivity contribution in [2.75, 3.05) is 0 Å². The highest BCUT2D eigenvalue weighted by Gasteiger charge is 2.33. The highest BCUT2D eigenvalue weighted by atomic mass is 16.4. The smallest absolute Gasteiger partial charge is 0.220 e. The van der Waals surface area contributed by atoms with Crippen LogP contribution in [0.4, 0.5) is 0 Å². The molecular weight excluding hydrogens is 278 g/mol. The molecule has 4 heteroatoms. The summed E-state index contributed by atoms with van der Waals surface area (Å²) in [6, 6.07) is 0. The van der Waals surface area contributed by atoms with E-state index in [0.717, 1.165) is 19.3 Å². The summed E-state index contributed by atoms with van der Waals surface area (Å²) in [5.41, 5.74) is -0.897. The minimum absolute atomic E-state index is 0.0951. The molecule has 0 aromatic heterocycles. The summed E-state index contributed by atoms with van der Waals surface area (Å²) in [6.45, 7) is 3.91. The molecule has 0 radical (unpaired) electrons. The van der Waals surface area contributed by atoms with Gasteiger partial charge in [-0.2, -0.15) is 0 Å². The quantitative estimate of drug-likeness (QED) is 0.630. The molecule has 1 aliphatic carbocycles. The summed E-state index contributed by atoms with van der Waals surface area (Å²) >= 11 is 0. The standard InChI is InChI=1S/C18H29NO3/c1-3-4-5-6-7-8-9-13-16(20)19-18(2)14-11-10-12-15(18)17(21)22/h10-12,14-15H,3-9,13H2,1-2H3,(H,19,20)(H,21,22)/p-1. The van der Waals surface area contributed by atoms with Gasteiger partial charge >= 0.3 is 0 Å². The molecule has 2 atom stereocenters. The van der Waals surface area contributed by atoms with Crippen LogP contribution in [0.15, 0.2) is 24.3 Å². The van der Waals surface area contributed by atoms with E-state index in [4.69, 9.17) is 0 Å². The Morgan fingerprint density at radius 1 is 1.09 bits per heavy atom. The number of amides is 1. The lowest BCUT2D eigenvalue weighted by Gasteiger charge is -2.36. The second-order valence-electron chi connectivity index (χ2n) is 6.24. The van der Waals surface area contributed by atoms with E-state index in [-0.39, 0.29) is 5.91 Å². The molecule has 1 N–H and O–H groups in total. The van der Waals surface area contributed by atoms with Crippen molar-refractivity contribution in [1.82, 2.24) is 5.32 Å². The van der Waals surface area contributed by atoms with Crippen molar-refractivity contribution in [2.45, 2.75) is 70.8 Å². The van der Waals surface area contributed by atoms with Crippen LogP contribution in [0.1, 0.15) is 65.2 Å². The fraction of sp³-hybridized carbons (Fsp3) is 0.667. The van der Waals surface area contributed by atoms with Gasteiger partial charge < -0.3 is 15.2 Å². The molecule has 0 aromatic carbocycles. The molecular formula is C18H28NO3-. The van der Waals surface area contributed by atoms with E-state index in [1.807, 2.05) is 0 Å². The Hall–Kier alpha value is -1.58. The van der Waals surface area contributed by atoms with Crippen LogP contribution < -0.4 is 10.4 Å². The predicted octanol–water partition coefficient (Wildman–Crippen LogP) is 2.49. The first-order valence-corrected chi connectivity index (χ1v) is 8.37. The Morgan fingerprint density at radius 2 is 1.73 bits per heavy atom. The lowest BCUT2D eigenvalue weighted by atomic mass is 9.82. The van der Waals surface area contributed by atoms with Crippen LogP contribution in [0.3, 0.4) is 0 Å². The van der Waals surface area contributed by atoms with Crippen LogP contribution in [-0.4, -0.2) is 17.4 Å². The third kappa shape index (κ3) is 6.04. The number of hydrogen-bond acceptors (Lipinski definition) is 3. The Balaban J connectivity index is 2.30. The van der Waals surface area contributed by atoms with Crippen molar-refractivity contribution >= 4 is 11.9 Å². The van der Waals surface area contributed by atoms with Crippen molar-refractivity contribution in [3.8, 4) is 0 Å². The number of hydrogen-bond donors (Lipinski definition) is 1. The van der Waals surface area contributed by atoms with Crippen LogP contribution >= 0.6 is 0 Å². The van der Waals surface area contributed by atoms with Crippen molar-refractivity contribution in [3.05, 3.63) is 24.3 Å². The zero-order valence-corrected chi connectivity index (χ0v) is 13.8. The van der Waals surface area contributed by atoms with Crippen molar-refractivity contribution in [1.29, 1.82) is 0 Å². The number of nitrogens with one attached hydrogen (secondary N) is 1. The largest absolute Gasteiger partial charge is 0.549 e. The number of rotatable bonds is 10. The average Bonchev–Trinajstić information content (AvgIpc) is 2.46. The third-order valence-electron chi connectivity index (χ3n) is 4.17. The SMILES string of the molecule is CCCCCCCCCC(=O)NC1(C)C=CC=CC1C(=O)[O-]. The molecule has 1 rings (SSSR count). The normalized spacial score (nSPS) is 23.5. The molecule has 0 spiro atoms. The van der Waals surface area contributed by atoms with Gasteiger partial charge in [0.2, 0.25) is 5.91 Å². The van der Waals surface area contributed by atoms with E-state index in [2.05, 4.69) is 12.2 Å². The van der Waals surface area contributed by atoms with Gasteiger partial charge in [-0.25, -0.2) is 0 Å². The van der Waals surface area contributed by atoms with Gasteiger partial charge in [0, 0.05) is 12.3 Å². The molecule has 2 unspecified atom stereocenters. The summed E-state index contributed by atoms with van der Waals surface area (Å²) in [4.78, 5) is 23.2. The van der Waals surface area contributed by atoms with Gasteiger partial charge in [0.1, 0.15) is 0 Å². The maximum Gasteiger partial charge on any atom is 0.220 e. The Labute approximate surface area is 133 Å². The topological polar surface area (TPSA) is 69.2 Å². The maximum atomic E-state index is 12.0. The van der Waals surface area contributed by atoms with Crippen LogP contribution in [0.2, 0.25) is 0 Å².